The van der Waals surface area contributed by atoms with Crippen LogP contribution in [0.3, 0.4) is 0 Å². The predicted octanol–water partition coefficient (Wildman–Crippen LogP) is 5.23. The van der Waals surface area contributed by atoms with Crippen LogP contribution in [0.2, 0.25) is 0 Å². The van der Waals surface area contributed by atoms with Gasteiger partial charge in [0.05, 0.1) is 16.7 Å². The third-order valence-electron chi connectivity index (χ3n) is 12.4. The molecule has 5 N–H and O–H groups in total. The number of nitrogens with one attached hydrogen (secondary N) is 4. The zero-order valence-electron chi connectivity index (χ0n) is 35.6. The first kappa shape index (κ1) is 42.3. The van der Waals surface area contributed by atoms with Crippen molar-refractivity contribution in [3.63, 3.8) is 0 Å². The van der Waals surface area contributed by atoms with E-state index < -0.39 is 17.6 Å². The molecule has 16 heteroatoms. The van der Waals surface area contributed by atoms with Crippen molar-refractivity contribution in [2.75, 3.05) is 54.8 Å². The van der Waals surface area contributed by atoms with Gasteiger partial charge >= 0.3 is 5.69 Å². The summed E-state index contributed by atoms with van der Waals surface area (Å²) < 4.78 is 3.25. The van der Waals surface area contributed by atoms with Crippen molar-refractivity contribution in [3.05, 3.63) is 107 Å². The number of piperidine rings is 3. The van der Waals surface area contributed by atoms with E-state index in [1.807, 2.05) is 24.3 Å². The number of anilines is 5. The van der Waals surface area contributed by atoms with E-state index in [9.17, 15) is 24.3 Å². The monoisotopic (exact) mass is 841 g/mol. The average molecular weight is 842 g/mol. The van der Waals surface area contributed by atoms with E-state index in [1.165, 1.54) is 6.20 Å². The van der Waals surface area contributed by atoms with Crippen LogP contribution in [0.1, 0.15) is 85.9 Å². The largest absolute Gasteiger partial charge is 0.384 e. The van der Waals surface area contributed by atoms with Crippen LogP contribution in [0.4, 0.5) is 29.0 Å². The Balaban J connectivity index is 0.852. The van der Waals surface area contributed by atoms with Gasteiger partial charge in [0.2, 0.25) is 17.8 Å². The third-order valence-corrected chi connectivity index (χ3v) is 12.4. The second-order valence-electron chi connectivity index (χ2n) is 17.1. The van der Waals surface area contributed by atoms with Crippen molar-refractivity contribution in [1.29, 1.82) is 0 Å². The molecule has 0 aliphatic carbocycles. The molecule has 324 valence electrons. The summed E-state index contributed by atoms with van der Waals surface area (Å²) in [7, 11) is 1.78. The lowest BCUT2D eigenvalue weighted by Crippen LogP contribution is -2.44. The van der Waals surface area contributed by atoms with Gasteiger partial charge in [-0.3, -0.25) is 28.8 Å². The number of hydrogen-bond acceptors (Lipinski definition) is 12. The molecule has 0 radical (unpaired) electrons. The third kappa shape index (κ3) is 9.11. The van der Waals surface area contributed by atoms with Gasteiger partial charge in [-0.15, -0.1) is 6.58 Å². The van der Waals surface area contributed by atoms with Gasteiger partial charge in [-0.25, -0.2) is 14.8 Å². The minimum absolute atomic E-state index is 0.220. The number of imide groups is 1. The second kappa shape index (κ2) is 17.9. The van der Waals surface area contributed by atoms with Gasteiger partial charge in [-0.2, -0.15) is 4.98 Å². The van der Waals surface area contributed by atoms with Crippen LogP contribution in [-0.4, -0.2) is 91.1 Å². The number of aromatic nitrogens is 5. The fourth-order valence-corrected chi connectivity index (χ4v) is 9.01. The molecular weight excluding hydrogens is 787 g/mol. The number of para-hydroxylation sites is 1. The number of rotatable bonds is 13. The van der Waals surface area contributed by atoms with Gasteiger partial charge in [0.1, 0.15) is 28.8 Å². The molecule has 3 aliphatic rings. The Morgan fingerprint density at radius 1 is 0.935 bits per heavy atom. The normalized spacial score (nSPS) is 18.1. The van der Waals surface area contributed by atoms with Gasteiger partial charge in [-0.05, 0) is 119 Å². The quantitative estimate of drug-likeness (QED) is 0.0768. The van der Waals surface area contributed by atoms with E-state index in [0.29, 0.717) is 35.7 Å². The molecule has 0 spiro atoms. The number of carbonyl (C=O) groups is 3. The van der Waals surface area contributed by atoms with E-state index in [1.54, 1.807) is 54.3 Å². The fraction of sp³-hybridized carbons (Fsp3) is 0.413. The number of nitrogens with zero attached hydrogens (tertiary/aromatic N) is 7. The van der Waals surface area contributed by atoms with Crippen molar-refractivity contribution in [3.8, 4) is 0 Å². The van der Waals surface area contributed by atoms with E-state index in [2.05, 4.69) is 70.8 Å². The second-order valence-corrected chi connectivity index (χ2v) is 17.1. The van der Waals surface area contributed by atoms with E-state index in [-0.39, 0.29) is 41.9 Å². The van der Waals surface area contributed by atoms with Crippen LogP contribution in [-0.2, 0) is 22.2 Å². The highest BCUT2D eigenvalue weighted by Crippen LogP contribution is 2.35. The molecule has 62 heavy (non-hydrogen) atoms. The minimum atomic E-state index is -1.15. The lowest BCUT2D eigenvalue weighted by Gasteiger charge is -2.38. The van der Waals surface area contributed by atoms with Crippen LogP contribution in [0, 0.1) is 5.92 Å². The zero-order chi connectivity index (χ0) is 43.5. The van der Waals surface area contributed by atoms with Crippen LogP contribution in [0.25, 0.3) is 11.0 Å². The Hall–Kier alpha value is -6.39. The van der Waals surface area contributed by atoms with E-state index >= 15 is 0 Å². The standard InChI is InChI=1S/C46H55N11O5/c1-5-22-47-42(59)34-27-48-44(53-41(34)51-38-11-7-10-37(50-38)46(2,3)62)49-31-12-14-32(15-13-31)56-25-18-29(19-26-56)28-55-23-20-30(21-24-55)33-8-6-9-35-40(33)54(4)45(61)57(35)36-16-17-39(58)52-43(36)60/h5-15,27,29-30,36,62H,1,16-26,28H2,2-4H3,(H,47,59)(H,52,58,60)(H2,48,49,50,51,53). The molecule has 5 aromatic rings. The minimum Gasteiger partial charge on any atom is -0.384 e. The Morgan fingerprint density at radius 3 is 2.39 bits per heavy atom. The molecule has 1 atom stereocenters. The molecule has 3 aromatic heterocycles. The summed E-state index contributed by atoms with van der Waals surface area (Å²) in [4.78, 5) is 69.6. The number of hydrogen-bond donors (Lipinski definition) is 5. The molecule has 3 aliphatic heterocycles. The lowest BCUT2D eigenvalue weighted by molar-refractivity contribution is -0.135. The zero-order valence-corrected chi connectivity index (χ0v) is 35.6. The summed E-state index contributed by atoms with van der Waals surface area (Å²) in [5.41, 5.74) is 4.07. The topological polar surface area (TPSA) is 192 Å². The number of carbonyl (C=O) groups excluding carboxylic acids is 3. The molecular formula is C46H55N11O5. The van der Waals surface area contributed by atoms with Crippen LogP contribution < -0.4 is 31.9 Å². The Kier molecular flexibility index (Phi) is 12.2. The summed E-state index contributed by atoms with van der Waals surface area (Å²) in [5.74, 6) is 0.846. The Morgan fingerprint density at radius 2 is 1.68 bits per heavy atom. The number of fused-ring (bicyclic) bond motifs is 1. The Bertz CT molecular complexity index is 2530. The smallest absolute Gasteiger partial charge is 0.329 e. The number of likely N-dealkylation sites (tertiary alicyclic amines) is 1. The lowest BCUT2D eigenvalue weighted by atomic mass is 9.87. The maximum absolute atomic E-state index is 13.5. The maximum atomic E-state index is 13.5. The van der Waals surface area contributed by atoms with E-state index in [0.717, 1.165) is 86.4 Å². The summed E-state index contributed by atoms with van der Waals surface area (Å²) in [6.07, 6.45) is 7.83. The maximum Gasteiger partial charge on any atom is 0.329 e. The summed E-state index contributed by atoms with van der Waals surface area (Å²) in [6.45, 7) is 12.3. The highest BCUT2D eigenvalue weighted by molar-refractivity contribution is 6.00. The van der Waals surface area contributed by atoms with Crippen molar-refractivity contribution in [2.45, 2.75) is 69.9 Å². The first-order valence-electron chi connectivity index (χ1n) is 21.5. The van der Waals surface area contributed by atoms with Crippen LogP contribution in [0.5, 0.6) is 0 Å². The van der Waals surface area contributed by atoms with E-state index in [4.69, 9.17) is 0 Å². The van der Waals surface area contributed by atoms with Crippen LogP contribution in [0.15, 0.2) is 84.3 Å². The first-order valence-corrected chi connectivity index (χ1v) is 21.5. The Labute approximate surface area is 360 Å². The van der Waals surface area contributed by atoms with Crippen LogP contribution >= 0.6 is 0 Å². The van der Waals surface area contributed by atoms with Gasteiger partial charge in [-0.1, -0.05) is 24.3 Å². The summed E-state index contributed by atoms with van der Waals surface area (Å²) >= 11 is 0. The van der Waals surface area contributed by atoms with Gasteiger partial charge in [0.25, 0.3) is 5.91 Å². The van der Waals surface area contributed by atoms with Gasteiger partial charge in [0.15, 0.2) is 0 Å². The average Bonchev–Trinajstić information content (AvgIpc) is 3.52. The van der Waals surface area contributed by atoms with Crippen molar-refractivity contribution < 1.29 is 19.5 Å². The summed E-state index contributed by atoms with van der Waals surface area (Å²) in [6, 6.07) is 18.8. The molecule has 3 fully saturated rings. The first-order chi connectivity index (χ1) is 29.9. The number of amides is 3. The van der Waals surface area contributed by atoms with Crippen molar-refractivity contribution >= 4 is 57.7 Å². The van der Waals surface area contributed by atoms with Gasteiger partial charge < -0.3 is 30.9 Å². The number of benzene rings is 2. The predicted molar refractivity (Wildman–Crippen MR) is 239 cm³/mol. The number of aliphatic hydroxyl groups is 1. The molecule has 0 bridgehead atoms. The molecule has 2 aromatic carbocycles. The number of imidazole rings is 1. The molecule has 16 nitrogen and oxygen atoms in total. The van der Waals surface area contributed by atoms with Gasteiger partial charge in [0, 0.05) is 57.2 Å². The van der Waals surface area contributed by atoms with Crippen molar-refractivity contribution in [1.82, 2.24) is 39.6 Å². The highest BCUT2D eigenvalue weighted by atomic mass is 16.3. The fourth-order valence-electron chi connectivity index (χ4n) is 9.01. The van der Waals surface area contributed by atoms with Crippen molar-refractivity contribution in [2.24, 2.45) is 13.0 Å². The molecule has 8 rings (SSSR count). The molecule has 3 amide bonds. The summed E-state index contributed by atoms with van der Waals surface area (Å²) in [5, 5.41) is 22.1. The molecule has 0 saturated carbocycles. The number of pyridine rings is 1. The molecule has 1 unspecified atom stereocenters. The SMILES string of the molecule is C=CCNC(=O)c1cnc(Nc2ccc(N3CCC(CN4CCC(c5cccc6c5n(C)c(=O)n6C5CCC(=O)NC5=O)CC4)CC3)cc2)nc1Nc1cccc(C(C)(C)O)n1. The molecule has 6 heterocycles. The number of aryl methyl sites for hydroxylation is 1. The highest BCUT2D eigenvalue weighted by Gasteiger charge is 2.33. The molecule has 3 saturated heterocycles.